The van der Waals surface area contributed by atoms with E-state index < -0.39 is 4.92 Å². The molecule has 0 radical (unpaired) electrons. The van der Waals surface area contributed by atoms with Crippen molar-refractivity contribution in [1.29, 1.82) is 0 Å². The van der Waals surface area contributed by atoms with Crippen LogP contribution >= 0.6 is 15.9 Å². The number of ether oxygens (including phenoxy) is 1. The van der Waals surface area contributed by atoms with Gasteiger partial charge in [-0.05, 0) is 28.9 Å². The standard InChI is InChI=1S/C13H15BrN4O3/c1-8-13(14)11(17(2)16-8)7-21-12-4-3-10(18(19)20)5-9(12)6-15/h3-5H,6-7,15H2,1-2H3. The number of nitrogens with zero attached hydrogens (tertiary/aromatic N) is 3. The van der Waals surface area contributed by atoms with Crippen LogP contribution < -0.4 is 10.5 Å². The smallest absolute Gasteiger partial charge is 0.270 e. The number of rotatable bonds is 5. The van der Waals surface area contributed by atoms with E-state index in [4.69, 9.17) is 10.5 Å². The predicted molar refractivity (Wildman–Crippen MR) is 81.0 cm³/mol. The normalized spacial score (nSPS) is 10.7. The van der Waals surface area contributed by atoms with Crippen LogP contribution in [0.25, 0.3) is 0 Å². The number of hydrogen-bond acceptors (Lipinski definition) is 5. The van der Waals surface area contributed by atoms with Crippen molar-refractivity contribution >= 4 is 21.6 Å². The number of benzene rings is 1. The molecule has 2 rings (SSSR count). The highest BCUT2D eigenvalue weighted by Crippen LogP contribution is 2.26. The molecular weight excluding hydrogens is 340 g/mol. The van der Waals surface area contributed by atoms with Gasteiger partial charge in [0.15, 0.2) is 0 Å². The van der Waals surface area contributed by atoms with Crippen molar-refractivity contribution in [3.8, 4) is 5.75 Å². The van der Waals surface area contributed by atoms with Crippen LogP contribution in [0.5, 0.6) is 5.75 Å². The van der Waals surface area contributed by atoms with Crippen LogP contribution in [-0.4, -0.2) is 14.7 Å². The van der Waals surface area contributed by atoms with Gasteiger partial charge in [0.2, 0.25) is 0 Å². The average molecular weight is 355 g/mol. The molecule has 0 saturated heterocycles. The van der Waals surface area contributed by atoms with E-state index in [2.05, 4.69) is 21.0 Å². The molecule has 7 nitrogen and oxygen atoms in total. The molecule has 0 aliphatic rings. The summed E-state index contributed by atoms with van der Waals surface area (Å²) in [5, 5.41) is 15.0. The molecule has 0 atom stereocenters. The highest BCUT2D eigenvalue weighted by Gasteiger charge is 2.14. The lowest BCUT2D eigenvalue weighted by Crippen LogP contribution is -2.07. The maximum Gasteiger partial charge on any atom is 0.270 e. The predicted octanol–water partition coefficient (Wildman–Crippen LogP) is 2.44. The number of hydrogen-bond donors (Lipinski definition) is 1. The molecule has 1 heterocycles. The number of aryl methyl sites for hydroxylation is 2. The fourth-order valence-electron chi connectivity index (χ4n) is 1.96. The fraction of sp³-hybridized carbons (Fsp3) is 0.308. The number of non-ortho nitro benzene ring substituents is 1. The molecule has 1 aromatic carbocycles. The number of halogens is 1. The Kier molecular flexibility index (Phi) is 4.59. The summed E-state index contributed by atoms with van der Waals surface area (Å²) in [4.78, 5) is 10.3. The van der Waals surface area contributed by atoms with E-state index in [9.17, 15) is 10.1 Å². The van der Waals surface area contributed by atoms with Gasteiger partial charge in [0.25, 0.3) is 5.69 Å². The quantitative estimate of drug-likeness (QED) is 0.656. The molecule has 21 heavy (non-hydrogen) atoms. The van der Waals surface area contributed by atoms with Gasteiger partial charge >= 0.3 is 0 Å². The summed E-state index contributed by atoms with van der Waals surface area (Å²) in [6.07, 6.45) is 0. The Morgan fingerprint density at radius 3 is 2.76 bits per heavy atom. The minimum atomic E-state index is -0.454. The van der Waals surface area contributed by atoms with Crippen molar-refractivity contribution in [3.05, 3.63) is 49.7 Å². The second-order valence-corrected chi connectivity index (χ2v) is 5.30. The van der Waals surface area contributed by atoms with E-state index in [1.807, 2.05) is 14.0 Å². The molecule has 2 aromatic rings. The van der Waals surface area contributed by atoms with Crippen LogP contribution in [-0.2, 0) is 20.2 Å². The number of nitrogens with two attached hydrogens (primary N) is 1. The first-order valence-corrected chi connectivity index (χ1v) is 7.01. The summed E-state index contributed by atoms with van der Waals surface area (Å²) in [5.74, 6) is 0.536. The zero-order chi connectivity index (χ0) is 15.6. The Morgan fingerprint density at radius 2 is 2.24 bits per heavy atom. The number of nitro benzene ring substituents is 1. The molecule has 0 saturated carbocycles. The van der Waals surface area contributed by atoms with Crippen LogP contribution in [0.15, 0.2) is 22.7 Å². The summed E-state index contributed by atoms with van der Waals surface area (Å²) in [7, 11) is 1.83. The Bertz CT molecular complexity index is 684. The van der Waals surface area contributed by atoms with E-state index in [0.717, 1.165) is 15.9 Å². The molecule has 0 bridgehead atoms. The lowest BCUT2D eigenvalue weighted by Gasteiger charge is -2.10. The Morgan fingerprint density at radius 1 is 1.52 bits per heavy atom. The number of aromatic nitrogens is 2. The maximum absolute atomic E-state index is 10.8. The molecule has 0 unspecified atom stereocenters. The Hall–Kier alpha value is -1.93. The molecule has 0 aliphatic heterocycles. The van der Waals surface area contributed by atoms with E-state index >= 15 is 0 Å². The van der Waals surface area contributed by atoms with Gasteiger partial charge in [-0.3, -0.25) is 14.8 Å². The first kappa shape index (κ1) is 15.5. The van der Waals surface area contributed by atoms with Crippen LogP contribution in [0.1, 0.15) is 17.0 Å². The van der Waals surface area contributed by atoms with Gasteiger partial charge in [-0.2, -0.15) is 5.10 Å². The van der Waals surface area contributed by atoms with E-state index in [0.29, 0.717) is 17.9 Å². The van der Waals surface area contributed by atoms with Gasteiger partial charge < -0.3 is 10.5 Å². The van der Waals surface area contributed by atoms with E-state index in [-0.39, 0.29) is 12.2 Å². The fourth-order valence-corrected chi connectivity index (χ4v) is 2.41. The topological polar surface area (TPSA) is 96.2 Å². The third-order valence-corrected chi connectivity index (χ3v) is 4.13. The lowest BCUT2D eigenvalue weighted by atomic mass is 10.2. The first-order chi connectivity index (χ1) is 9.93. The van der Waals surface area contributed by atoms with Gasteiger partial charge in [-0.25, -0.2) is 0 Å². The largest absolute Gasteiger partial charge is 0.487 e. The molecule has 0 aliphatic carbocycles. The van der Waals surface area contributed by atoms with E-state index in [1.165, 1.54) is 12.1 Å². The van der Waals surface area contributed by atoms with Gasteiger partial charge in [0.05, 0.1) is 20.8 Å². The second kappa shape index (κ2) is 6.23. The average Bonchev–Trinajstić information content (AvgIpc) is 2.70. The van der Waals surface area contributed by atoms with Crippen molar-refractivity contribution in [3.63, 3.8) is 0 Å². The molecule has 2 N–H and O–H groups in total. The summed E-state index contributed by atoms with van der Waals surface area (Å²) in [6, 6.07) is 4.40. The minimum absolute atomic E-state index is 0.000332. The molecule has 0 fully saturated rings. The van der Waals surface area contributed by atoms with Crippen LogP contribution in [0, 0.1) is 17.0 Å². The van der Waals surface area contributed by atoms with Crippen LogP contribution in [0.4, 0.5) is 5.69 Å². The van der Waals surface area contributed by atoms with Gasteiger partial charge in [-0.15, -0.1) is 0 Å². The van der Waals surface area contributed by atoms with Crippen molar-refractivity contribution in [2.75, 3.05) is 0 Å². The number of nitro groups is 1. The maximum atomic E-state index is 10.8. The van der Waals surface area contributed by atoms with Gasteiger partial charge in [-0.1, -0.05) is 0 Å². The molecule has 8 heteroatoms. The van der Waals surface area contributed by atoms with Crippen molar-refractivity contribution in [1.82, 2.24) is 9.78 Å². The van der Waals surface area contributed by atoms with Crippen LogP contribution in [0.2, 0.25) is 0 Å². The summed E-state index contributed by atoms with van der Waals surface area (Å²) in [5.41, 5.74) is 7.98. The summed E-state index contributed by atoms with van der Waals surface area (Å²) in [6.45, 7) is 2.36. The second-order valence-electron chi connectivity index (χ2n) is 4.51. The van der Waals surface area contributed by atoms with Crippen molar-refractivity contribution in [2.45, 2.75) is 20.1 Å². The zero-order valence-corrected chi connectivity index (χ0v) is 13.3. The summed E-state index contributed by atoms with van der Waals surface area (Å²) >= 11 is 3.46. The van der Waals surface area contributed by atoms with Crippen molar-refractivity contribution < 1.29 is 9.66 Å². The third-order valence-electron chi connectivity index (χ3n) is 3.10. The van der Waals surface area contributed by atoms with Gasteiger partial charge in [0.1, 0.15) is 12.4 Å². The Labute approximate surface area is 130 Å². The lowest BCUT2D eigenvalue weighted by molar-refractivity contribution is -0.384. The molecule has 112 valence electrons. The molecule has 1 aromatic heterocycles. The zero-order valence-electron chi connectivity index (χ0n) is 11.7. The minimum Gasteiger partial charge on any atom is -0.487 e. The van der Waals surface area contributed by atoms with E-state index in [1.54, 1.807) is 10.7 Å². The molecular formula is C13H15BrN4O3. The van der Waals surface area contributed by atoms with Gasteiger partial charge in [0, 0.05) is 31.3 Å². The Balaban J connectivity index is 2.22. The SMILES string of the molecule is Cc1nn(C)c(COc2ccc([N+](=O)[O-])cc2CN)c1Br. The third kappa shape index (κ3) is 3.22. The van der Waals surface area contributed by atoms with Crippen molar-refractivity contribution in [2.24, 2.45) is 12.8 Å². The summed E-state index contributed by atoms with van der Waals surface area (Å²) < 4.78 is 8.35. The first-order valence-electron chi connectivity index (χ1n) is 6.22. The molecule has 0 spiro atoms. The monoisotopic (exact) mass is 354 g/mol. The molecule has 0 amide bonds. The highest BCUT2D eigenvalue weighted by atomic mass is 79.9. The van der Waals surface area contributed by atoms with Crippen LogP contribution in [0.3, 0.4) is 0 Å². The highest BCUT2D eigenvalue weighted by molar-refractivity contribution is 9.10.